The number of carbonyl (C=O) groups is 6. The Morgan fingerprint density at radius 2 is 0.738 bits per heavy atom. The molecule has 9 aromatic rings. The van der Waals surface area contributed by atoms with E-state index in [2.05, 4.69) is 63.1 Å². The Morgan fingerprint density at radius 1 is 0.443 bits per heavy atom. The van der Waals surface area contributed by atoms with Crippen molar-refractivity contribution in [2.24, 2.45) is 26.9 Å². The Balaban J connectivity index is 0.000000158. The number of rotatable bonds is 13. The largest absolute Gasteiger partial charge is 0.444 e. The predicted molar refractivity (Wildman–Crippen MR) is 471 cm³/mol. The number of amides is 8. The predicted octanol–water partition coefficient (Wildman–Crippen LogP) is 14.2. The van der Waals surface area contributed by atoms with Crippen molar-refractivity contribution >= 4 is 106 Å². The summed E-state index contributed by atoms with van der Waals surface area (Å²) in [5.74, 6) is -0.152. The van der Waals surface area contributed by atoms with Crippen LogP contribution in [0.5, 0.6) is 0 Å². The number of hydrogen-bond donors (Lipinski definition) is 5. The highest BCUT2D eigenvalue weighted by molar-refractivity contribution is 6.31. The maximum atomic E-state index is 12.9. The van der Waals surface area contributed by atoms with Crippen LogP contribution >= 0.6 is 34.8 Å². The molecule has 122 heavy (non-hydrogen) atoms. The first-order valence-corrected chi connectivity index (χ1v) is 42.0. The lowest BCUT2D eigenvalue weighted by molar-refractivity contribution is -0.119. The van der Waals surface area contributed by atoms with Gasteiger partial charge in [-0.2, -0.15) is 0 Å². The Bertz CT molecular complexity index is 5220. The number of primary amides is 1. The molecule has 32 heteroatoms. The number of nitrogens with two attached hydrogens (primary N) is 1. The topological polar surface area (TPSA) is 316 Å². The summed E-state index contributed by atoms with van der Waals surface area (Å²) < 4.78 is 22.5. The zero-order chi connectivity index (χ0) is 87.2. The quantitative estimate of drug-likeness (QED) is 0.0670. The van der Waals surface area contributed by atoms with Crippen molar-refractivity contribution in [1.82, 2.24) is 94.3 Å². The molecular formula is C90H107Cl3N20O9. The summed E-state index contributed by atoms with van der Waals surface area (Å²) in [7, 11) is 5.69. The Hall–Kier alpha value is -11.5. The van der Waals surface area contributed by atoms with E-state index < -0.39 is 41.0 Å². The third-order valence-corrected chi connectivity index (χ3v) is 22.5. The van der Waals surface area contributed by atoms with Gasteiger partial charge in [-0.15, -0.1) is 0 Å². The van der Waals surface area contributed by atoms with Crippen LogP contribution in [0.2, 0.25) is 15.1 Å². The Kier molecular flexibility index (Phi) is 27.1. The summed E-state index contributed by atoms with van der Waals surface area (Å²) in [5.41, 5.74) is 20.4. The van der Waals surface area contributed by atoms with Crippen LogP contribution in [0, 0.1) is 0 Å². The van der Waals surface area contributed by atoms with Crippen LogP contribution in [0.3, 0.4) is 0 Å². The number of hydrogen-bond acceptors (Lipinski definition) is 18. The fourth-order valence-corrected chi connectivity index (χ4v) is 16.9. The average Bonchev–Trinajstić information content (AvgIpc) is 1.60. The SMILES string of the molecule is CC(=O)NC(C1=Cc2cccnc2[C@@H](N2CCN(C(=O)OC(C)(C)C)CC2)c2ccc(Cl)cc21)c1cncn1C.CCNC(=O)NC(C1=Cc2cccnc2[C@@H](N2CCN(C(=O)OC(C)(C)C)CC2)c2ccc(Cl)cc21)c1cncn1C.Cn1cncc1C(NC(N)=O)C1=Cc2cccnc2[C@@H](N2CCN(C(=O)OC(C)(C)C)CC2)c2ccc(Cl)cc21. The molecule has 3 aliphatic carbocycles. The molecule has 3 unspecified atom stereocenters. The lowest BCUT2D eigenvalue weighted by Gasteiger charge is -2.40. The summed E-state index contributed by atoms with van der Waals surface area (Å²) in [6, 6.07) is 26.4. The first-order chi connectivity index (χ1) is 58.1. The number of ether oxygens (including phenoxy) is 3. The monoisotopic (exact) mass is 1720 g/mol. The normalized spacial score (nSPS) is 18.1. The van der Waals surface area contributed by atoms with E-state index in [4.69, 9.17) is 69.7 Å². The van der Waals surface area contributed by atoms with E-state index in [1.807, 2.05) is 214 Å². The molecule has 15 rings (SSSR count). The molecule has 6 aliphatic rings. The highest BCUT2D eigenvalue weighted by Crippen LogP contribution is 2.49. The summed E-state index contributed by atoms with van der Waals surface area (Å²) in [5, 5.41) is 13.8. The molecule has 3 aromatic carbocycles. The minimum Gasteiger partial charge on any atom is -0.444 e. The van der Waals surface area contributed by atoms with Gasteiger partial charge in [0.15, 0.2) is 0 Å². The number of nitrogens with one attached hydrogen (secondary N) is 4. The fourth-order valence-electron chi connectivity index (χ4n) is 16.4. The van der Waals surface area contributed by atoms with E-state index in [1.54, 1.807) is 58.5 Å². The second kappa shape index (κ2) is 37.5. The van der Waals surface area contributed by atoms with Crippen LogP contribution in [-0.4, -0.2) is 211 Å². The number of benzene rings is 3. The molecular weight excluding hydrogens is 1610 g/mol. The van der Waals surface area contributed by atoms with Crippen molar-refractivity contribution in [2.45, 2.75) is 129 Å². The molecule has 0 spiro atoms. The minimum absolute atomic E-state index is 0.152. The maximum Gasteiger partial charge on any atom is 0.410 e. The van der Waals surface area contributed by atoms with Crippen LogP contribution in [0.25, 0.3) is 34.9 Å². The molecule has 3 aliphatic heterocycles. The van der Waals surface area contributed by atoms with Gasteiger partial charge in [0, 0.05) is 147 Å². The van der Waals surface area contributed by atoms with E-state index in [1.165, 1.54) is 6.92 Å². The summed E-state index contributed by atoms with van der Waals surface area (Å²) >= 11 is 19.8. The van der Waals surface area contributed by atoms with E-state index in [0.29, 0.717) is 100 Å². The number of pyridine rings is 3. The van der Waals surface area contributed by atoms with Crippen LogP contribution in [-0.2, 0) is 40.1 Å². The number of nitrogens with zero attached hydrogens (tertiary/aromatic N) is 15. The average molecular weight is 1720 g/mol. The van der Waals surface area contributed by atoms with E-state index >= 15 is 0 Å². The van der Waals surface area contributed by atoms with Gasteiger partial charge in [-0.25, -0.2) is 38.9 Å². The van der Waals surface area contributed by atoms with Crippen molar-refractivity contribution in [2.75, 3.05) is 85.1 Å². The number of piperazine rings is 3. The summed E-state index contributed by atoms with van der Waals surface area (Å²) in [4.78, 5) is 116. The van der Waals surface area contributed by atoms with Gasteiger partial charge in [0.2, 0.25) is 5.91 Å². The highest BCUT2D eigenvalue weighted by atomic mass is 35.5. The van der Waals surface area contributed by atoms with Gasteiger partial charge < -0.3 is 69.6 Å². The van der Waals surface area contributed by atoms with Gasteiger partial charge in [-0.05, 0) is 209 Å². The van der Waals surface area contributed by atoms with Crippen molar-refractivity contribution in [3.05, 3.63) is 246 Å². The molecule has 6 N–H and O–H groups in total. The second-order valence-corrected chi connectivity index (χ2v) is 35.3. The number of carbonyl (C=O) groups excluding carboxylic acids is 6. The smallest absolute Gasteiger partial charge is 0.410 e. The molecule has 0 radical (unpaired) electrons. The number of fused-ring (bicyclic) bond motifs is 6. The zero-order valence-electron chi connectivity index (χ0n) is 71.3. The standard InChI is InChI=1S/C31H38ClN7O3.C30H35ClN6O3.C29H34ClN7O3/c1-6-34-29(40)36-27(25-18-33-19-37(25)5)24-16-20-8-7-11-35-26(20)28(22-10-9-21(32)17-23(22)24)38-12-14-39(15-13-38)30(41)42-31(2,3)4;1-19(38)34-27(25-17-32-18-35(25)5)24-15-20-7-6-10-33-26(20)28(22-9-8-21(31)16-23(22)24)36-11-13-37(14-12-36)29(39)40-30(2,3)4;1-29(2,3)40-28(39)37-12-10-36(11-13-37)26-20-8-7-19(30)15-21(20)22(14-18-6-5-9-33-24(18)26)25(34-27(31)38)23-16-32-17-35(23)4/h7-11,16-19,27-28H,6,12-15H2,1-5H3,(H2,34,36,40);6-10,15-18,27-28H,11-14H2,1-5H3,(H,34,38);5-9,14-17,25-26H,10-13H2,1-4H3,(H3,31,34,38)/t2*27?,28-;25?,26-/m000/s1. The van der Waals surface area contributed by atoms with Crippen LogP contribution in [0.4, 0.5) is 24.0 Å². The van der Waals surface area contributed by atoms with E-state index in [9.17, 15) is 28.8 Å². The fraction of sp³-hybridized carbons (Fsp3) is 0.400. The third kappa shape index (κ3) is 20.6. The van der Waals surface area contributed by atoms with Crippen molar-refractivity contribution < 1.29 is 43.0 Å². The highest BCUT2D eigenvalue weighted by Gasteiger charge is 2.42. The molecule has 3 saturated heterocycles. The van der Waals surface area contributed by atoms with Crippen LogP contribution < -0.4 is 27.0 Å². The van der Waals surface area contributed by atoms with Gasteiger partial charge in [0.1, 0.15) is 16.8 Å². The van der Waals surface area contributed by atoms with Crippen molar-refractivity contribution in [1.29, 1.82) is 0 Å². The summed E-state index contributed by atoms with van der Waals surface area (Å²) in [6.45, 7) is 27.8. The molecule has 3 fully saturated rings. The molecule has 0 saturated carbocycles. The molecule has 6 aromatic heterocycles. The number of urea groups is 2. The Morgan fingerprint density at radius 3 is 1.00 bits per heavy atom. The van der Waals surface area contributed by atoms with Crippen molar-refractivity contribution in [3.63, 3.8) is 0 Å². The van der Waals surface area contributed by atoms with Crippen LogP contribution in [0.1, 0.15) is 197 Å². The number of imidazole rings is 3. The zero-order valence-corrected chi connectivity index (χ0v) is 73.6. The van der Waals surface area contributed by atoms with Crippen molar-refractivity contribution in [3.8, 4) is 0 Å². The number of aryl methyl sites for hydroxylation is 3. The van der Waals surface area contributed by atoms with E-state index in [0.717, 1.165) is 101 Å². The van der Waals surface area contributed by atoms with Gasteiger partial charge in [0.25, 0.3) is 0 Å². The molecule has 642 valence electrons. The first kappa shape index (κ1) is 88.3. The maximum absolute atomic E-state index is 12.9. The molecule has 6 atom stereocenters. The van der Waals surface area contributed by atoms with Gasteiger partial charge in [0.05, 0.1) is 108 Å². The lowest BCUT2D eigenvalue weighted by atomic mass is 9.89. The molecule has 9 heterocycles. The number of halogens is 3. The third-order valence-electron chi connectivity index (χ3n) is 21.8. The van der Waals surface area contributed by atoms with Gasteiger partial charge >= 0.3 is 30.3 Å². The molecule has 0 bridgehead atoms. The Labute approximate surface area is 726 Å². The minimum atomic E-state index is -0.652. The first-order valence-electron chi connectivity index (χ1n) is 40.9. The summed E-state index contributed by atoms with van der Waals surface area (Å²) in [6.07, 6.45) is 21.1. The van der Waals surface area contributed by atoms with E-state index in [-0.39, 0.29) is 48.3 Å². The molecule has 8 amide bonds. The number of aromatic nitrogens is 9. The second-order valence-electron chi connectivity index (χ2n) is 33.9. The lowest BCUT2D eigenvalue weighted by Crippen LogP contribution is -2.51. The van der Waals surface area contributed by atoms with Gasteiger partial charge in [-0.3, -0.25) is 34.4 Å². The molecule has 29 nitrogen and oxygen atoms in total. The van der Waals surface area contributed by atoms with Gasteiger partial charge in [-0.1, -0.05) is 71.2 Å². The van der Waals surface area contributed by atoms with Crippen LogP contribution in [0.15, 0.2) is 147 Å².